The van der Waals surface area contributed by atoms with Gasteiger partial charge in [0, 0.05) is 6.54 Å². The van der Waals surface area contributed by atoms with Gasteiger partial charge in [0.1, 0.15) is 5.75 Å². The number of hydrogen-bond donors (Lipinski definition) is 1. The van der Waals surface area contributed by atoms with Crippen LogP contribution in [0.1, 0.15) is 5.56 Å². The van der Waals surface area contributed by atoms with Gasteiger partial charge in [0.15, 0.2) is 0 Å². The zero-order valence-corrected chi connectivity index (χ0v) is 9.82. The van der Waals surface area contributed by atoms with Gasteiger partial charge in [0.25, 0.3) is 0 Å². The van der Waals surface area contributed by atoms with E-state index >= 15 is 0 Å². The first-order chi connectivity index (χ1) is 9.13. The molecule has 0 spiro atoms. The number of ether oxygens (including phenoxy) is 1. The van der Waals surface area contributed by atoms with Crippen molar-refractivity contribution in [3.05, 3.63) is 54.1 Å². The number of aromatic nitrogens is 1. The fourth-order valence-electron chi connectivity index (χ4n) is 1.47. The quantitative estimate of drug-likeness (QED) is 0.843. The van der Waals surface area contributed by atoms with Gasteiger partial charge in [-0.2, -0.15) is 13.2 Å². The predicted molar refractivity (Wildman–Crippen MR) is 64.6 cm³/mol. The van der Waals surface area contributed by atoms with Crippen LogP contribution in [0.25, 0.3) is 0 Å². The maximum atomic E-state index is 12.6. The number of pyridine rings is 1. The van der Waals surface area contributed by atoms with Gasteiger partial charge in [-0.25, -0.2) is 4.98 Å². The number of anilines is 1. The summed E-state index contributed by atoms with van der Waals surface area (Å²) < 4.78 is 40.7. The summed E-state index contributed by atoms with van der Waals surface area (Å²) in [5.74, 6) is -0.429. The van der Waals surface area contributed by atoms with E-state index in [2.05, 4.69) is 15.0 Å². The van der Waals surface area contributed by atoms with Gasteiger partial charge in [0.2, 0.25) is 5.95 Å². The second-order valence-corrected chi connectivity index (χ2v) is 3.75. The molecule has 1 N–H and O–H groups in total. The Labute approximate surface area is 108 Å². The molecule has 0 bridgehead atoms. The maximum Gasteiger partial charge on any atom is 0.387 e. The van der Waals surface area contributed by atoms with E-state index in [4.69, 9.17) is 0 Å². The van der Waals surface area contributed by atoms with Crippen molar-refractivity contribution in [2.24, 2.45) is 0 Å². The van der Waals surface area contributed by atoms with Crippen LogP contribution in [0.4, 0.5) is 18.9 Å². The Morgan fingerprint density at radius 3 is 2.42 bits per heavy atom. The zero-order chi connectivity index (χ0) is 13.7. The van der Waals surface area contributed by atoms with E-state index in [9.17, 15) is 13.2 Å². The molecule has 100 valence electrons. The van der Waals surface area contributed by atoms with Crippen LogP contribution in [0, 0.1) is 5.95 Å². The molecule has 0 aliphatic carbocycles. The Morgan fingerprint density at radius 2 is 1.84 bits per heavy atom. The van der Waals surface area contributed by atoms with Gasteiger partial charge in [-0.1, -0.05) is 12.1 Å². The molecule has 0 fully saturated rings. The molecule has 6 heteroatoms. The van der Waals surface area contributed by atoms with E-state index in [0.717, 1.165) is 5.56 Å². The summed E-state index contributed by atoms with van der Waals surface area (Å²) in [5.41, 5.74) is 1.56. The van der Waals surface area contributed by atoms with E-state index in [-0.39, 0.29) is 5.75 Å². The van der Waals surface area contributed by atoms with E-state index in [1.54, 1.807) is 18.2 Å². The van der Waals surface area contributed by atoms with Gasteiger partial charge in [-0.3, -0.25) is 0 Å². The highest BCUT2D eigenvalue weighted by atomic mass is 19.3. The fourth-order valence-corrected chi connectivity index (χ4v) is 1.47. The van der Waals surface area contributed by atoms with Crippen LogP contribution in [-0.4, -0.2) is 11.6 Å². The molecular weight excluding hydrogens is 257 g/mol. The molecule has 2 aromatic rings. The average Bonchev–Trinajstić information content (AvgIpc) is 2.39. The van der Waals surface area contributed by atoms with Gasteiger partial charge in [-0.15, -0.1) is 0 Å². The van der Waals surface area contributed by atoms with Crippen molar-refractivity contribution in [2.75, 3.05) is 5.32 Å². The first-order valence-corrected chi connectivity index (χ1v) is 5.52. The van der Waals surface area contributed by atoms with Crippen molar-refractivity contribution >= 4 is 5.69 Å². The lowest BCUT2D eigenvalue weighted by Crippen LogP contribution is -2.03. The van der Waals surface area contributed by atoms with Crippen LogP contribution in [-0.2, 0) is 6.54 Å². The lowest BCUT2D eigenvalue weighted by Gasteiger charge is -2.07. The van der Waals surface area contributed by atoms with Crippen LogP contribution in [0.5, 0.6) is 5.75 Å². The van der Waals surface area contributed by atoms with Crippen molar-refractivity contribution in [1.82, 2.24) is 4.98 Å². The number of halogens is 3. The van der Waals surface area contributed by atoms with Gasteiger partial charge in [-0.05, 0) is 29.8 Å². The van der Waals surface area contributed by atoms with Crippen LogP contribution >= 0.6 is 0 Å². The molecule has 0 amide bonds. The SMILES string of the molecule is Fc1ccc(NCc2ccc(OC(F)F)cc2)cn1. The Bertz CT molecular complexity index is 514. The average molecular weight is 268 g/mol. The summed E-state index contributed by atoms with van der Waals surface area (Å²) in [6.45, 7) is -2.35. The molecule has 0 radical (unpaired) electrons. The molecule has 2 rings (SSSR count). The first kappa shape index (κ1) is 13.2. The minimum absolute atomic E-state index is 0.113. The van der Waals surface area contributed by atoms with E-state index in [1.165, 1.54) is 24.4 Å². The number of nitrogens with zero attached hydrogens (tertiary/aromatic N) is 1. The Kier molecular flexibility index (Phi) is 4.22. The number of alkyl halides is 2. The van der Waals surface area contributed by atoms with Gasteiger partial charge in [0.05, 0.1) is 11.9 Å². The highest BCUT2D eigenvalue weighted by molar-refractivity contribution is 5.41. The highest BCUT2D eigenvalue weighted by Crippen LogP contribution is 2.16. The molecule has 0 unspecified atom stereocenters. The highest BCUT2D eigenvalue weighted by Gasteiger charge is 2.03. The lowest BCUT2D eigenvalue weighted by atomic mass is 10.2. The molecule has 3 nitrogen and oxygen atoms in total. The summed E-state index contributed by atoms with van der Waals surface area (Å²) in [5, 5.41) is 3.03. The molecule has 19 heavy (non-hydrogen) atoms. The van der Waals surface area contributed by atoms with Crippen LogP contribution in [0.3, 0.4) is 0 Å². The van der Waals surface area contributed by atoms with Crippen LogP contribution < -0.4 is 10.1 Å². The topological polar surface area (TPSA) is 34.1 Å². The van der Waals surface area contributed by atoms with E-state index < -0.39 is 12.6 Å². The second kappa shape index (κ2) is 6.08. The largest absolute Gasteiger partial charge is 0.435 e. The molecule has 1 aromatic heterocycles. The summed E-state index contributed by atoms with van der Waals surface area (Å²) in [4.78, 5) is 3.51. The first-order valence-electron chi connectivity index (χ1n) is 5.52. The van der Waals surface area contributed by atoms with Crippen molar-refractivity contribution in [3.63, 3.8) is 0 Å². The standard InChI is InChI=1S/C13H11F3N2O/c14-12-6-3-10(8-18-12)17-7-9-1-4-11(5-2-9)19-13(15)16/h1-6,8,13,17H,7H2. The minimum Gasteiger partial charge on any atom is -0.435 e. The third-order valence-corrected chi connectivity index (χ3v) is 2.37. The maximum absolute atomic E-state index is 12.6. The van der Waals surface area contributed by atoms with Gasteiger partial charge < -0.3 is 10.1 Å². The third kappa shape index (κ3) is 4.17. The summed E-state index contributed by atoms with van der Waals surface area (Å²) in [6.07, 6.45) is 1.38. The number of rotatable bonds is 5. The van der Waals surface area contributed by atoms with Gasteiger partial charge >= 0.3 is 6.61 Å². The van der Waals surface area contributed by atoms with Crippen molar-refractivity contribution < 1.29 is 17.9 Å². The monoisotopic (exact) mass is 268 g/mol. The molecular formula is C13H11F3N2O. The smallest absolute Gasteiger partial charge is 0.387 e. The number of nitrogens with one attached hydrogen (secondary N) is 1. The lowest BCUT2D eigenvalue weighted by molar-refractivity contribution is -0.0498. The Hall–Kier alpha value is -2.24. The van der Waals surface area contributed by atoms with Crippen LogP contribution in [0.2, 0.25) is 0 Å². The Balaban J connectivity index is 1.91. The minimum atomic E-state index is -2.82. The van der Waals surface area contributed by atoms with E-state index in [0.29, 0.717) is 12.2 Å². The van der Waals surface area contributed by atoms with Crippen molar-refractivity contribution in [3.8, 4) is 5.75 Å². The van der Waals surface area contributed by atoms with Crippen LogP contribution in [0.15, 0.2) is 42.6 Å². The normalized spacial score (nSPS) is 10.5. The predicted octanol–water partition coefficient (Wildman–Crippen LogP) is 3.43. The zero-order valence-electron chi connectivity index (χ0n) is 9.82. The molecule has 0 aliphatic rings. The molecule has 0 saturated heterocycles. The number of benzene rings is 1. The fraction of sp³-hybridized carbons (Fsp3) is 0.154. The molecule has 0 saturated carbocycles. The molecule has 1 aromatic carbocycles. The third-order valence-electron chi connectivity index (χ3n) is 2.37. The summed E-state index contributed by atoms with van der Waals surface area (Å²) in [7, 11) is 0. The van der Waals surface area contributed by atoms with E-state index in [1.807, 2.05) is 0 Å². The summed E-state index contributed by atoms with van der Waals surface area (Å²) >= 11 is 0. The Morgan fingerprint density at radius 1 is 1.11 bits per heavy atom. The molecule has 1 heterocycles. The van der Waals surface area contributed by atoms with Crippen molar-refractivity contribution in [1.29, 1.82) is 0 Å². The second-order valence-electron chi connectivity index (χ2n) is 3.75. The molecule has 0 atom stereocenters. The number of hydrogen-bond acceptors (Lipinski definition) is 3. The van der Waals surface area contributed by atoms with Crippen molar-refractivity contribution in [2.45, 2.75) is 13.2 Å². The molecule has 0 aliphatic heterocycles. The summed E-state index contributed by atoms with van der Waals surface area (Å²) in [6, 6.07) is 9.08.